The van der Waals surface area contributed by atoms with Crippen LogP contribution in [0.5, 0.6) is 0 Å². The molecule has 6 heteroatoms. The van der Waals surface area contributed by atoms with Crippen molar-refractivity contribution in [1.82, 2.24) is 4.90 Å². The highest BCUT2D eigenvalue weighted by Gasteiger charge is 2.44. The van der Waals surface area contributed by atoms with Gasteiger partial charge in [-0.25, -0.2) is 0 Å². The number of amides is 1. The third kappa shape index (κ3) is 2.51. The topological polar surface area (TPSA) is 89.5 Å². The van der Waals surface area contributed by atoms with Crippen LogP contribution in [-0.4, -0.2) is 27.3 Å². The van der Waals surface area contributed by atoms with Crippen molar-refractivity contribution in [2.75, 3.05) is 0 Å². The molecule has 2 rings (SSSR count). The van der Waals surface area contributed by atoms with Gasteiger partial charge in [0.05, 0.1) is 11.0 Å². The molecule has 20 heavy (non-hydrogen) atoms. The number of non-ortho nitro benzene ring substituents is 1. The Kier molecular flexibility index (Phi) is 3.52. The summed E-state index contributed by atoms with van der Waals surface area (Å²) < 4.78 is 0. The predicted octanol–water partition coefficient (Wildman–Crippen LogP) is 1.99. The van der Waals surface area contributed by atoms with Crippen LogP contribution in [-0.2, 0) is 4.79 Å². The van der Waals surface area contributed by atoms with Crippen molar-refractivity contribution in [2.24, 2.45) is 5.73 Å². The molecule has 1 heterocycles. The summed E-state index contributed by atoms with van der Waals surface area (Å²) in [5, 5.41) is 10.9. The molecule has 1 aliphatic rings. The third-order valence-electron chi connectivity index (χ3n) is 3.51. The van der Waals surface area contributed by atoms with Gasteiger partial charge in [-0.05, 0) is 26.3 Å². The number of hydrogen-bond acceptors (Lipinski definition) is 4. The quantitative estimate of drug-likeness (QED) is 0.661. The van der Waals surface area contributed by atoms with Crippen LogP contribution in [0.15, 0.2) is 24.3 Å². The number of carbonyl (C=O) groups is 1. The maximum Gasteiger partial charge on any atom is 0.269 e. The lowest BCUT2D eigenvalue weighted by molar-refractivity contribution is -0.385. The van der Waals surface area contributed by atoms with E-state index in [1.165, 1.54) is 12.1 Å². The first kappa shape index (κ1) is 14.5. The number of carbonyl (C=O) groups excluding carboxylic acids is 1. The molecule has 108 valence electrons. The lowest BCUT2D eigenvalue weighted by Gasteiger charge is -2.38. The highest BCUT2D eigenvalue weighted by molar-refractivity contribution is 5.81. The van der Waals surface area contributed by atoms with E-state index in [-0.39, 0.29) is 35.6 Å². The standard InChI is InChI=1S/C14H19N3O3/c1-14(2,3)16-12(18)8-11(15)13(16)9-5-4-6-10(7-9)17(19)20/h4-7,11,13H,8,15H2,1-3H3. The van der Waals surface area contributed by atoms with Crippen LogP contribution in [0, 0.1) is 10.1 Å². The van der Waals surface area contributed by atoms with E-state index in [1.54, 1.807) is 17.0 Å². The zero-order chi connectivity index (χ0) is 15.1. The second-order valence-electron chi connectivity index (χ2n) is 6.10. The molecule has 2 unspecified atom stereocenters. The molecule has 6 nitrogen and oxygen atoms in total. The minimum absolute atomic E-state index is 0.0125. The van der Waals surface area contributed by atoms with Crippen molar-refractivity contribution in [1.29, 1.82) is 0 Å². The van der Waals surface area contributed by atoms with Gasteiger partial charge >= 0.3 is 0 Å². The van der Waals surface area contributed by atoms with Gasteiger partial charge in [-0.3, -0.25) is 14.9 Å². The maximum atomic E-state index is 12.1. The summed E-state index contributed by atoms with van der Waals surface area (Å²) in [6.45, 7) is 5.81. The highest BCUT2D eigenvalue weighted by atomic mass is 16.6. The number of hydrogen-bond donors (Lipinski definition) is 1. The fourth-order valence-corrected chi connectivity index (χ4v) is 2.77. The van der Waals surface area contributed by atoms with Crippen molar-refractivity contribution in [3.8, 4) is 0 Å². The average Bonchev–Trinajstić information content (AvgIpc) is 2.64. The van der Waals surface area contributed by atoms with Crippen LogP contribution in [0.4, 0.5) is 5.69 Å². The van der Waals surface area contributed by atoms with Gasteiger partial charge in [-0.15, -0.1) is 0 Å². The highest BCUT2D eigenvalue weighted by Crippen LogP contribution is 2.38. The van der Waals surface area contributed by atoms with E-state index in [2.05, 4.69) is 0 Å². The third-order valence-corrected chi connectivity index (χ3v) is 3.51. The number of likely N-dealkylation sites (tertiary alicyclic amines) is 1. The van der Waals surface area contributed by atoms with E-state index in [0.717, 1.165) is 0 Å². The zero-order valence-electron chi connectivity index (χ0n) is 11.9. The molecule has 0 aromatic heterocycles. The first-order valence-electron chi connectivity index (χ1n) is 6.54. The molecular weight excluding hydrogens is 258 g/mol. The Hall–Kier alpha value is -1.95. The molecule has 0 spiro atoms. The molecule has 0 saturated carbocycles. The van der Waals surface area contributed by atoms with E-state index in [0.29, 0.717) is 5.56 Å². The first-order chi connectivity index (χ1) is 9.21. The van der Waals surface area contributed by atoms with Gasteiger partial charge in [0.1, 0.15) is 0 Å². The molecule has 2 N–H and O–H groups in total. The smallest absolute Gasteiger partial charge is 0.269 e. The summed E-state index contributed by atoms with van der Waals surface area (Å²) in [5.74, 6) is -0.0125. The van der Waals surface area contributed by atoms with Crippen molar-refractivity contribution < 1.29 is 9.72 Å². The second-order valence-corrected chi connectivity index (χ2v) is 6.10. The van der Waals surface area contributed by atoms with Gasteiger partial charge in [0.25, 0.3) is 5.69 Å². The minimum Gasteiger partial charge on any atom is -0.329 e. The molecule has 0 aliphatic carbocycles. The van der Waals surface area contributed by atoms with E-state index < -0.39 is 4.92 Å². The average molecular weight is 277 g/mol. The van der Waals surface area contributed by atoms with Gasteiger partial charge < -0.3 is 10.6 Å². The fourth-order valence-electron chi connectivity index (χ4n) is 2.77. The van der Waals surface area contributed by atoms with Crippen LogP contribution >= 0.6 is 0 Å². The Bertz CT molecular complexity index is 551. The monoisotopic (exact) mass is 277 g/mol. The maximum absolute atomic E-state index is 12.1. The Morgan fingerprint density at radius 1 is 1.40 bits per heavy atom. The largest absolute Gasteiger partial charge is 0.329 e. The van der Waals surface area contributed by atoms with Gasteiger partial charge in [-0.1, -0.05) is 12.1 Å². The summed E-state index contributed by atoms with van der Waals surface area (Å²) in [6.07, 6.45) is 0.268. The lowest BCUT2D eigenvalue weighted by atomic mass is 9.96. The van der Waals surface area contributed by atoms with Crippen LogP contribution in [0.2, 0.25) is 0 Å². The summed E-state index contributed by atoms with van der Waals surface area (Å²) in [4.78, 5) is 24.3. The summed E-state index contributed by atoms with van der Waals surface area (Å²) in [6, 6.07) is 5.69. The van der Waals surface area contributed by atoms with Gasteiger partial charge in [0.15, 0.2) is 0 Å². The number of nitrogens with two attached hydrogens (primary N) is 1. The Labute approximate surface area is 117 Å². The van der Waals surface area contributed by atoms with Crippen molar-refractivity contribution in [3.05, 3.63) is 39.9 Å². The number of nitrogens with zero attached hydrogens (tertiary/aromatic N) is 2. The normalized spacial score (nSPS) is 23.2. The predicted molar refractivity (Wildman–Crippen MR) is 75.0 cm³/mol. The molecule has 0 radical (unpaired) electrons. The number of benzene rings is 1. The number of rotatable bonds is 2. The van der Waals surface area contributed by atoms with E-state index in [4.69, 9.17) is 5.73 Å². The number of nitro groups is 1. The molecule has 1 aromatic rings. The SMILES string of the molecule is CC(C)(C)N1C(=O)CC(N)C1c1cccc([N+](=O)[O-])c1. The van der Waals surface area contributed by atoms with Crippen molar-refractivity contribution in [3.63, 3.8) is 0 Å². The summed E-state index contributed by atoms with van der Waals surface area (Å²) in [7, 11) is 0. The number of nitro benzene ring substituents is 1. The molecular formula is C14H19N3O3. The molecule has 1 aliphatic heterocycles. The second kappa shape index (κ2) is 4.86. The Balaban J connectivity index is 2.46. The van der Waals surface area contributed by atoms with Gasteiger partial charge in [0, 0.05) is 30.1 Å². The summed E-state index contributed by atoms with van der Waals surface area (Å²) >= 11 is 0. The van der Waals surface area contributed by atoms with E-state index >= 15 is 0 Å². The van der Waals surface area contributed by atoms with Gasteiger partial charge in [0.2, 0.25) is 5.91 Å². The molecule has 2 atom stereocenters. The van der Waals surface area contributed by atoms with Crippen molar-refractivity contribution >= 4 is 11.6 Å². The van der Waals surface area contributed by atoms with Gasteiger partial charge in [-0.2, -0.15) is 0 Å². The molecule has 1 amide bonds. The first-order valence-corrected chi connectivity index (χ1v) is 6.54. The lowest BCUT2D eigenvalue weighted by Crippen LogP contribution is -2.45. The van der Waals surface area contributed by atoms with Crippen molar-refractivity contribution in [2.45, 2.75) is 44.8 Å². The van der Waals surface area contributed by atoms with Crippen LogP contribution in [0.25, 0.3) is 0 Å². The van der Waals surface area contributed by atoms with Crippen LogP contribution in [0.1, 0.15) is 38.8 Å². The molecule has 1 saturated heterocycles. The van der Waals surface area contributed by atoms with Crippen LogP contribution < -0.4 is 5.73 Å². The minimum atomic E-state index is -0.437. The molecule has 0 bridgehead atoms. The van der Waals surface area contributed by atoms with E-state index in [9.17, 15) is 14.9 Å². The Morgan fingerprint density at radius 2 is 2.05 bits per heavy atom. The molecule has 1 fully saturated rings. The summed E-state index contributed by atoms with van der Waals surface area (Å²) in [5.41, 5.74) is 6.44. The molecule has 1 aromatic carbocycles. The zero-order valence-corrected chi connectivity index (χ0v) is 11.9. The fraction of sp³-hybridized carbons (Fsp3) is 0.500. The Morgan fingerprint density at radius 3 is 2.60 bits per heavy atom. The van der Waals surface area contributed by atoms with E-state index in [1.807, 2.05) is 20.8 Å². The van der Waals surface area contributed by atoms with Crippen LogP contribution in [0.3, 0.4) is 0 Å².